The number of rotatable bonds is 15. The van der Waals surface area contributed by atoms with E-state index in [1.54, 1.807) is 6.92 Å². The monoisotopic (exact) mass is 528 g/mol. The predicted molar refractivity (Wildman–Crippen MR) is 146 cm³/mol. The van der Waals surface area contributed by atoms with E-state index >= 15 is 0 Å². The van der Waals surface area contributed by atoms with Crippen LogP contribution in [0.2, 0.25) is 0 Å². The van der Waals surface area contributed by atoms with Crippen molar-refractivity contribution in [2.45, 2.75) is 66.2 Å². The number of unbranched alkanes of at least 4 members (excludes halogenated alkanes) is 2. The predicted octanol–water partition coefficient (Wildman–Crippen LogP) is 4.89. The lowest BCUT2D eigenvalue weighted by Gasteiger charge is -2.13. The van der Waals surface area contributed by atoms with Gasteiger partial charge in [0.25, 0.3) is 0 Å². The topological polar surface area (TPSA) is 125 Å². The molecule has 1 N–H and O–H groups in total. The Kier molecular flexibility index (Phi) is 36.3. The van der Waals surface area contributed by atoms with Gasteiger partial charge in [0.05, 0.1) is 26.9 Å². The minimum atomic E-state index is -0.501. The summed E-state index contributed by atoms with van der Waals surface area (Å²) in [7, 11) is 1.33. The average Bonchev–Trinajstić information content (AvgIpc) is 2.91. The lowest BCUT2D eigenvalue weighted by Crippen LogP contribution is -2.12. The van der Waals surface area contributed by atoms with Gasteiger partial charge in [-0.1, -0.05) is 72.8 Å². The molecule has 0 bridgehead atoms. The number of carbonyl (C=O) groups is 4. The van der Waals surface area contributed by atoms with Crippen LogP contribution in [0.3, 0.4) is 0 Å². The molecular formula is C28H48O9. The summed E-state index contributed by atoms with van der Waals surface area (Å²) >= 11 is 0. The van der Waals surface area contributed by atoms with E-state index in [0.717, 1.165) is 31.8 Å². The number of carbonyl (C=O) groups excluding carboxylic acids is 4. The third kappa shape index (κ3) is 37.5. The fourth-order valence-electron chi connectivity index (χ4n) is 1.91. The minimum absolute atomic E-state index is 0.0465. The zero-order valence-electron chi connectivity index (χ0n) is 23.4. The van der Waals surface area contributed by atoms with Crippen molar-refractivity contribution in [2.75, 3.05) is 33.5 Å². The Balaban J connectivity index is -0.000000202. The summed E-state index contributed by atoms with van der Waals surface area (Å²) in [5.74, 6) is -0.971. The molecule has 1 atom stereocenters. The molecule has 0 aromatic rings. The highest BCUT2D eigenvalue weighted by atomic mass is 16.5. The van der Waals surface area contributed by atoms with Crippen molar-refractivity contribution in [1.29, 1.82) is 0 Å². The van der Waals surface area contributed by atoms with Gasteiger partial charge in [0.15, 0.2) is 0 Å². The number of hydrogen-bond donors (Lipinski definition) is 1. The van der Waals surface area contributed by atoms with Gasteiger partial charge in [-0.3, -0.25) is 0 Å². The molecule has 0 aromatic carbocycles. The molecule has 0 aliphatic carbocycles. The molecule has 0 aromatic heterocycles. The number of hydrogen-bond acceptors (Lipinski definition) is 9. The highest BCUT2D eigenvalue weighted by Crippen LogP contribution is 2.12. The maximum Gasteiger partial charge on any atom is 0.332 e. The van der Waals surface area contributed by atoms with Gasteiger partial charge in [0.2, 0.25) is 0 Å². The summed E-state index contributed by atoms with van der Waals surface area (Å²) in [5.41, 5.74) is 0.433. The van der Waals surface area contributed by atoms with E-state index in [1.807, 2.05) is 6.92 Å². The lowest BCUT2D eigenvalue weighted by atomic mass is 10.0. The molecule has 9 nitrogen and oxygen atoms in total. The fraction of sp³-hybridized carbons (Fsp3) is 0.571. The Morgan fingerprint density at radius 3 is 1.59 bits per heavy atom. The molecule has 214 valence electrons. The summed E-state index contributed by atoms with van der Waals surface area (Å²) in [6.45, 7) is 22.0. The smallest absolute Gasteiger partial charge is 0.332 e. The molecule has 9 heteroatoms. The van der Waals surface area contributed by atoms with E-state index in [2.05, 4.69) is 54.4 Å². The maximum absolute atomic E-state index is 10.8. The van der Waals surface area contributed by atoms with Crippen molar-refractivity contribution in [1.82, 2.24) is 0 Å². The normalized spacial score (nSPS) is 9.57. The third-order valence-electron chi connectivity index (χ3n) is 4.12. The number of aliphatic hydroxyl groups excluding tert-OH is 1. The molecule has 0 spiro atoms. The molecule has 1 unspecified atom stereocenters. The average molecular weight is 529 g/mol. The second kappa shape index (κ2) is 32.8. The maximum atomic E-state index is 10.8. The SMILES string of the molecule is C=C(C)C(=O)OC.C=CC(=O)OCC(CC)CCCC.C=CC(=O)OCCCC.C=CC(=O)OCCO. The number of esters is 4. The van der Waals surface area contributed by atoms with Gasteiger partial charge in [-0.25, -0.2) is 19.2 Å². The van der Waals surface area contributed by atoms with Crippen molar-refractivity contribution < 1.29 is 43.2 Å². The minimum Gasteiger partial charge on any atom is -0.466 e. The molecule has 0 fully saturated rings. The van der Waals surface area contributed by atoms with Crippen molar-refractivity contribution in [2.24, 2.45) is 5.92 Å². The fourth-order valence-corrected chi connectivity index (χ4v) is 1.91. The van der Waals surface area contributed by atoms with Crippen LogP contribution in [0.5, 0.6) is 0 Å². The Hall–Kier alpha value is -3.20. The second-order valence-corrected chi connectivity index (χ2v) is 7.34. The Morgan fingerprint density at radius 2 is 1.27 bits per heavy atom. The van der Waals surface area contributed by atoms with Crippen LogP contribution < -0.4 is 0 Å². The van der Waals surface area contributed by atoms with Crippen LogP contribution in [0.25, 0.3) is 0 Å². The van der Waals surface area contributed by atoms with Crippen LogP contribution in [0, 0.1) is 5.92 Å². The van der Waals surface area contributed by atoms with Crippen LogP contribution in [0.4, 0.5) is 0 Å². The molecule has 0 aliphatic heterocycles. The largest absolute Gasteiger partial charge is 0.466 e. The Bertz CT molecular complexity index is 654. The standard InChI is InChI=1S/C11H20O2.C7H12O2.C5H8O3.C5H8O2/c1-4-7-8-10(5-2)9-13-11(12)6-3;1-3-5-6-9-7(8)4-2;1-2-5(7)8-4-3-6;1-4(2)5(6)7-3/h6,10H,3-5,7-9H2,1-2H3;4H,2-3,5-6H2,1H3;2,6H,1,3-4H2;1H2,2-3H3. The molecule has 0 saturated heterocycles. The van der Waals surface area contributed by atoms with Crippen molar-refractivity contribution in [3.63, 3.8) is 0 Å². The van der Waals surface area contributed by atoms with Crippen LogP contribution in [0.1, 0.15) is 66.2 Å². The van der Waals surface area contributed by atoms with Crippen LogP contribution in [-0.2, 0) is 38.1 Å². The summed E-state index contributed by atoms with van der Waals surface area (Å²) in [4.78, 5) is 41.4. The molecule has 0 saturated carbocycles. The van der Waals surface area contributed by atoms with Gasteiger partial charge in [0.1, 0.15) is 6.61 Å². The first-order chi connectivity index (χ1) is 17.5. The van der Waals surface area contributed by atoms with Crippen LogP contribution >= 0.6 is 0 Å². The number of methoxy groups -OCH3 is 1. The molecule has 0 aliphatic rings. The first-order valence-electron chi connectivity index (χ1n) is 12.3. The van der Waals surface area contributed by atoms with Gasteiger partial charge in [-0.2, -0.15) is 0 Å². The summed E-state index contributed by atoms with van der Waals surface area (Å²) < 4.78 is 18.3. The zero-order valence-corrected chi connectivity index (χ0v) is 23.4. The van der Waals surface area contributed by atoms with Crippen LogP contribution in [-0.4, -0.2) is 62.5 Å². The third-order valence-corrected chi connectivity index (χ3v) is 4.12. The summed E-state index contributed by atoms with van der Waals surface area (Å²) in [5, 5.41) is 8.10. The molecule has 0 radical (unpaired) electrons. The first-order valence-corrected chi connectivity index (χ1v) is 12.3. The van der Waals surface area contributed by atoms with E-state index in [4.69, 9.17) is 9.84 Å². The van der Waals surface area contributed by atoms with Crippen molar-refractivity contribution in [3.05, 3.63) is 50.1 Å². The summed E-state index contributed by atoms with van der Waals surface area (Å²) in [6, 6.07) is 0. The molecule has 37 heavy (non-hydrogen) atoms. The molecular weight excluding hydrogens is 480 g/mol. The van der Waals surface area contributed by atoms with Crippen LogP contribution in [0.15, 0.2) is 50.1 Å². The molecule has 0 rings (SSSR count). The highest BCUT2D eigenvalue weighted by molar-refractivity contribution is 5.86. The zero-order chi connectivity index (χ0) is 29.5. The quantitative estimate of drug-likeness (QED) is 0.137. The number of aliphatic hydroxyl groups is 1. The van der Waals surface area contributed by atoms with E-state index in [9.17, 15) is 19.2 Å². The van der Waals surface area contributed by atoms with Gasteiger partial charge in [-0.05, 0) is 25.7 Å². The Morgan fingerprint density at radius 1 is 0.811 bits per heavy atom. The van der Waals surface area contributed by atoms with Gasteiger partial charge in [-0.15, -0.1) is 0 Å². The van der Waals surface area contributed by atoms with E-state index in [-0.39, 0.29) is 31.1 Å². The van der Waals surface area contributed by atoms with Gasteiger partial charge < -0.3 is 24.1 Å². The van der Waals surface area contributed by atoms with Gasteiger partial charge >= 0.3 is 23.9 Å². The lowest BCUT2D eigenvalue weighted by molar-refractivity contribution is -0.139. The second-order valence-electron chi connectivity index (χ2n) is 7.34. The molecule has 0 heterocycles. The van der Waals surface area contributed by atoms with Crippen molar-refractivity contribution >= 4 is 23.9 Å². The van der Waals surface area contributed by atoms with E-state index < -0.39 is 5.97 Å². The number of ether oxygens (including phenoxy) is 4. The van der Waals surface area contributed by atoms with Gasteiger partial charge in [0, 0.05) is 23.8 Å². The van der Waals surface area contributed by atoms with Crippen molar-refractivity contribution in [3.8, 4) is 0 Å². The van der Waals surface area contributed by atoms with E-state index in [1.165, 1.54) is 32.1 Å². The van der Waals surface area contributed by atoms with E-state index in [0.29, 0.717) is 24.7 Å². The first kappa shape index (κ1) is 40.9. The molecule has 0 amide bonds. The Labute approximate surface area is 223 Å². The summed E-state index contributed by atoms with van der Waals surface area (Å²) in [6.07, 6.45) is 10.1. The highest BCUT2D eigenvalue weighted by Gasteiger charge is 2.07.